The van der Waals surface area contributed by atoms with E-state index in [4.69, 9.17) is 9.97 Å². The third-order valence-corrected chi connectivity index (χ3v) is 12.8. The maximum Gasteiger partial charge on any atom is 0.418 e. The molecule has 0 aliphatic rings. The number of para-hydroxylation sites is 2. The van der Waals surface area contributed by atoms with Gasteiger partial charge < -0.3 is 9.13 Å². The zero-order valence-corrected chi connectivity index (χ0v) is 35.9. The predicted molar refractivity (Wildman–Crippen MR) is 263 cm³/mol. The van der Waals surface area contributed by atoms with Gasteiger partial charge in [-0.15, -0.1) is 0 Å². The van der Waals surface area contributed by atoms with E-state index in [1.54, 1.807) is 39.7 Å². The van der Waals surface area contributed by atoms with Crippen LogP contribution in [0.1, 0.15) is 5.56 Å². The quantitative estimate of drug-likeness (QED) is 0.149. The van der Waals surface area contributed by atoms with E-state index < -0.39 is 28.9 Å². The van der Waals surface area contributed by atoms with Crippen LogP contribution in [0.2, 0.25) is 0 Å². The third-order valence-electron chi connectivity index (χ3n) is 12.8. The third kappa shape index (κ3) is 6.65. The molecule has 0 saturated heterocycles. The second-order valence-electron chi connectivity index (χ2n) is 16.7. The molecule has 326 valence electrons. The Hall–Kier alpha value is -8.69. The van der Waals surface area contributed by atoms with E-state index in [1.807, 2.05) is 152 Å². The number of aromatic nitrogens is 4. The Balaban J connectivity index is 1.18. The minimum atomic E-state index is -4.94. The lowest BCUT2D eigenvalue weighted by Gasteiger charge is -2.22. The van der Waals surface area contributed by atoms with Gasteiger partial charge in [-0.25, -0.2) is 8.78 Å². The second kappa shape index (κ2) is 16.0. The van der Waals surface area contributed by atoms with Crippen LogP contribution >= 0.6 is 0 Å². The van der Waals surface area contributed by atoms with Crippen molar-refractivity contribution in [2.24, 2.45) is 0 Å². The summed E-state index contributed by atoms with van der Waals surface area (Å²) in [6, 6.07) is 59.0. The van der Waals surface area contributed by atoms with Gasteiger partial charge in [0.15, 0.2) is 0 Å². The number of alkyl halides is 3. The summed E-state index contributed by atoms with van der Waals surface area (Å²) in [5.41, 5.74) is 6.47. The molecule has 68 heavy (non-hydrogen) atoms. The van der Waals surface area contributed by atoms with E-state index in [0.717, 1.165) is 68.0 Å². The van der Waals surface area contributed by atoms with Crippen molar-refractivity contribution in [3.05, 3.63) is 230 Å². The molecular formula is C59H35F5N4. The van der Waals surface area contributed by atoms with Crippen LogP contribution in [0, 0.1) is 11.6 Å². The molecule has 0 bridgehead atoms. The molecule has 0 saturated carbocycles. The van der Waals surface area contributed by atoms with Crippen molar-refractivity contribution in [2.45, 2.75) is 6.18 Å². The fraction of sp³-hybridized carbons (Fsp3) is 0.0169. The molecule has 0 aliphatic heterocycles. The predicted octanol–water partition coefficient (Wildman–Crippen LogP) is 16.3. The minimum absolute atomic E-state index is 0.0489. The Bertz CT molecular complexity index is 3910. The number of hydrogen-bond donors (Lipinski definition) is 0. The molecule has 0 radical (unpaired) electrons. The van der Waals surface area contributed by atoms with Crippen molar-refractivity contribution >= 4 is 43.6 Å². The first-order valence-corrected chi connectivity index (χ1v) is 22.0. The van der Waals surface area contributed by atoms with E-state index in [0.29, 0.717) is 38.5 Å². The van der Waals surface area contributed by atoms with Crippen molar-refractivity contribution < 1.29 is 22.0 Å². The first kappa shape index (κ1) is 40.8. The van der Waals surface area contributed by atoms with E-state index >= 15 is 22.0 Å². The normalized spacial score (nSPS) is 11.9. The van der Waals surface area contributed by atoms with Crippen LogP contribution in [0.5, 0.6) is 0 Å². The lowest BCUT2D eigenvalue weighted by Crippen LogP contribution is -2.13. The number of benzene rings is 8. The molecule has 0 aliphatic carbocycles. The van der Waals surface area contributed by atoms with Gasteiger partial charge in [-0.2, -0.15) is 13.2 Å². The van der Waals surface area contributed by atoms with Gasteiger partial charge in [-0.1, -0.05) is 140 Å². The topological polar surface area (TPSA) is 35.6 Å². The van der Waals surface area contributed by atoms with Gasteiger partial charge in [0.2, 0.25) is 0 Å². The van der Waals surface area contributed by atoms with Gasteiger partial charge in [0.25, 0.3) is 0 Å². The maximum absolute atomic E-state index is 16.5. The molecule has 9 heteroatoms. The number of rotatable bonds is 7. The highest BCUT2D eigenvalue weighted by Crippen LogP contribution is 2.47. The summed E-state index contributed by atoms with van der Waals surface area (Å²) in [5.74, 6) is -1.84. The highest BCUT2D eigenvalue weighted by atomic mass is 19.4. The highest BCUT2D eigenvalue weighted by Gasteiger charge is 2.37. The van der Waals surface area contributed by atoms with Crippen LogP contribution in [0.15, 0.2) is 213 Å². The molecule has 0 spiro atoms. The molecule has 0 amide bonds. The SMILES string of the molecule is Fc1cccc(F)c1-c1cc(-n2c3ccccc3c3ccc(-c4cccnc4-c4ccccc4)cc32)c(C(F)(F)F)cc1-n1c2ccccc2c2ccc(-c3cccnc3-c3ccccc3)cc21. The van der Waals surface area contributed by atoms with Crippen molar-refractivity contribution in [1.29, 1.82) is 0 Å². The van der Waals surface area contributed by atoms with Gasteiger partial charge in [0.1, 0.15) is 11.6 Å². The fourth-order valence-corrected chi connectivity index (χ4v) is 9.85. The Kier molecular flexibility index (Phi) is 9.62. The number of pyridine rings is 2. The van der Waals surface area contributed by atoms with Gasteiger partial charge in [-0.05, 0) is 71.8 Å². The second-order valence-corrected chi connectivity index (χ2v) is 16.7. The number of fused-ring (bicyclic) bond motifs is 6. The smallest absolute Gasteiger partial charge is 0.309 e. The van der Waals surface area contributed by atoms with Crippen LogP contribution in [-0.4, -0.2) is 19.1 Å². The molecular weight excluding hydrogens is 860 g/mol. The lowest BCUT2D eigenvalue weighted by molar-refractivity contribution is -0.137. The maximum atomic E-state index is 16.5. The first-order chi connectivity index (χ1) is 33.2. The zero-order chi connectivity index (χ0) is 46.1. The largest absolute Gasteiger partial charge is 0.418 e. The summed E-state index contributed by atoms with van der Waals surface area (Å²) < 4.78 is 85.1. The molecule has 4 nitrogen and oxygen atoms in total. The van der Waals surface area contributed by atoms with Crippen molar-refractivity contribution in [1.82, 2.24) is 19.1 Å². The monoisotopic (exact) mass is 894 g/mol. The Morgan fingerprint density at radius 2 is 0.809 bits per heavy atom. The number of halogens is 5. The van der Waals surface area contributed by atoms with Gasteiger partial charge in [0, 0.05) is 61.8 Å². The van der Waals surface area contributed by atoms with Crippen LogP contribution in [-0.2, 0) is 6.18 Å². The van der Waals surface area contributed by atoms with Crippen LogP contribution in [0.25, 0.3) is 111 Å². The molecule has 0 N–H and O–H groups in total. The summed E-state index contributed by atoms with van der Waals surface area (Å²) in [4.78, 5) is 9.46. The molecule has 12 rings (SSSR count). The molecule has 0 fully saturated rings. The fourth-order valence-electron chi connectivity index (χ4n) is 9.85. The average Bonchev–Trinajstić information content (AvgIpc) is 3.88. The number of hydrogen-bond acceptors (Lipinski definition) is 2. The minimum Gasteiger partial charge on any atom is -0.309 e. The van der Waals surface area contributed by atoms with E-state index in [-0.39, 0.29) is 16.9 Å². The molecule has 0 atom stereocenters. The van der Waals surface area contributed by atoms with E-state index in [1.165, 1.54) is 12.1 Å². The summed E-state index contributed by atoms with van der Waals surface area (Å²) >= 11 is 0. The van der Waals surface area contributed by atoms with Gasteiger partial charge in [0.05, 0.1) is 56.0 Å². The van der Waals surface area contributed by atoms with Crippen LogP contribution in [0.4, 0.5) is 22.0 Å². The Morgan fingerprint density at radius 3 is 1.31 bits per heavy atom. The Morgan fingerprint density at radius 1 is 0.353 bits per heavy atom. The van der Waals surface area contributed by atoms with Crippen molar-refractivity contribution in [3.8, 4) is 67.3 Å². The van der Waals surface area contributed by atoms with E-state index in [9.17, 15) is 0 Å². The first-order valence-electron chi connectivity index (χ1n) is 22.0. The van der Waals surface area contributed by atoms with Gasteiger partial charge in [-0.3, -0.25) is 9.97 Å². The van der Waals surface area contributed by atoms with E-state index in [2.05, 4.69) is 0 Å². The number of nitrogens with zero attached hydrogens (tertiary/aromatic N) is 4. The molecule has 4 heterocycles. The molecule has 8 aromatic carbocycles. The van der Waals surface area contributed by atoms with Crippen molar-refractivity contribution in [2.75, 3.05) is 0 Å². The summed E-state index contributed by atoms with van der Waals surface area (Å²) in [5, 5.41) is 2.90. The Labute approximate surface area is 386 Å². The summed E-state index contributed by atoms with van der Waals surface area (Å²) in [7, 11) is 0. The standard InChI is InChI=1S/C59H35F5N4/c60-48-22-11-23-49(61)56(48)46-34-55(68-51-25-10-8-19-43(51)45-29-27-39(33-53(45)68)41-21-13-31-66-58(41)37-16-5-2-6-17-37)47(59(62,63)64)35-54(46)67-50-24-9-7-18-42(50)44-28-26-38(32-52(44)67)40-20-12-30-65-57(40)36-14-3-1-4-15-36/h1-35H. The van der Waals surface area contributed by atoms with Crippen LogP contribution in [0.3, 0.4) is 0 Å². The molecule has 0 unspecified atom stereocenters. The summed E-state index contributed by atoms with van der Waals surface area (Å²) in [6.07, 6.45) is -1.52. The average molecular weight is 895 g/mol. The molecule has 12 aromatic rings. The zero-order valence-electron chi connectivity index (χ0n) is 35.9. The summed E-state index contributed by atoms with van der Waals surface area (Å²) in [6.45, 7) is 0. The molecule has 4 aromatic heterocycles. The van der Waals surface area contributed by atoms with Crippen LogP contribution < -0.4 is 0 Å². The highest BCUT2D eigenvalue weighted by molar-refractivity contribution is 6.12. The van der Waals surface area contributed by atoms with Crippen molar-refractivity contribution in [3.63, 3.8) is 0 Å². The van der Waals surface area contributed by atoms with Gasteiger partial charge >= 0.3 is 6.18 Å². The lowest BCUT2D eigenvalue weighted by atomic mass is 9.96.